The van der Waals surface area contributed by atoms with Crippen molar-refractivity contribution in [1.29, 1.82) is 0 Å². The van der Waals surface area contributed by atoms with Crippen LogP contribution in [0.5, 0.6) is 0 Å². The standard InChI is InChI=1S/C40H82O4Si3/c1-27(2)45(28(3)4,29(5)6)41-26-39-40(44-47(33(13)14,34(15)16)35(17)18)38(43-46(30(7)8,31(9)10)32(11)12)25-37(42-39)24-36-22-20-19-21-23-36/h25,27-36,38-40H,19-24,26H2,1-18H3/t38-,39-,40+/m1/s1. The Morgan fingerprint density at radius 2 is 0.936 bits per heavy atom. The molecule has 1 aliphatic heterocycles. The lowest BCUT2D eigenvalue weighted by Gasteiger charge is -2.52. The average Bonchev–Trinajstić information content (AvgIpc) is 2.94. The maximum Gasteiger partial charge on any atom is 0.201 e. The maximum absolute atomic E-state index is 7.86. The summed E-state index contributed by atoms with van der Waals surface area (Å²) >= 11 is 0. The Morgan fingerprint density at radius 1 is 0.553 bits per heavy atom. The largest absolute Gasteiger partial charge is 0.490 e. The zero-order valence-electron chi connectivity index (χ0n) is 34.7. The van der Waals surface area contributed by atoms with Crippen molar-refractivity contribution in [2.45, 2.75) is 231 Å². The minimum Gasteiger partial charge on any atom is -0.490 e. The van der Waals surface area contributed by atoms with Gasteiger partial charge in [-0.3, -0.25) is 0 Å². The van der Waals surface area contributed by atoms with E-state index in [0.717, 1.165) is 12.2 Å². The van der Waals surface area contributed by atoms with Crippen LogP contribution in [-0.2, 0) is 18.0 Å². The van der Waals surface area contributed by atoms with Crippen molar-refractivity contribution in [3.8, 4) is 0 Å². The van der Waals surface area contributed by atoms with Gasteiger partial charge in [0.2, 0.25) is 25.0 Å². The van der Waals surface area contributed by atoms with Gasteiger partial charge in [-0.05, 0) is 61.9 Å². The molecule has 3 atom stereocenters. The quantitative estimate of drug-likeness (QED) is 0.133. The summed E-state index contributed by atoms with van der Waals surface area (Å²) in [6.45, 7) is 43.9. The van der Waals surface area contributed by atoms with Gasteiger partial charge in [-0.1, -0.05) is 157 Å². The first-order chi connectivity index (χ1) is 21.7. The SMILES string of the molecule is CC(C)[Si](OC[C@H]1OC(CC2CCCCC2)=C[C@@H](O[Si](C(C)C)(C(C)C)C(C)C)[C@@H]1O[Si](C(C)C)(C(C)C)C(C)C)(C(C)C)C(C)C. The van der Waals surface area contributed by atoms with Gasteiger partial charge >= 0.3 is 0 Å². The van der Waals surface area contributed by atoms with E-state index in [1.807, 2.05) is 0 Å². The molecule has 1 saturated carbocycles. The first-order valence-electron chi connectivity index (χ1n) is 20.1. The molecule has 4 nitrogen and oxygen atoms in total. The fourth-order valence-electron chi connectivity index (χ4n) is 11.0. The number of ether oxygens (including phenoxy) is 1. The Hall–Kier alpha value is 0.0706. The first kappa shape index (κ1) is 43.2. The number of rotatable bonds is 18. The molecule has 0 bridgehead atoms. The Labute approximate surface area is 297 Å². The molecule has 0 saturated heterocycles. The lowest BCUT2D eigenvalue weighted by atomic mass is 9.86. The normalized spacial score (nSPS) is 22.7. The molecule has 0 unspecified atom stereocenters. The predicted octanol–water partition coefficient (Wildman–Crippen LogP) is 13.6. The van der Waals surface area contributed by atoms with Gasteiger partial charge in [0.15, 0.2) is 0 Å². The number of hydrogen-bond acceptors (Lipinski definition) is 4. The number of hydrogen-bond donors (Lipinski definition) is 0. The van der Waals surface area contributed by atoms with Gasteiger partial charge in [-0.15, -0.1) is 0 Å². The molecule has 7 heteroatoms. The molecule has 2 aliphatic rings. The molecule has 0 aromatic rings. The zero-order valence-corrected chi connectivity index (χ0v) is 37.7. The maximum atomic E-state index is 7.86. The molecule has 0 aromatic heterocycles. The Bertz CT molecular complexity index is 884. The highest BCUT2D eigenvalue weighted by Gasteiger charge is 2.55. The summed E-state index contributed by atoms with van der Waals surface area (Å²) in [5.74, 6) is 1.84. The van der Waals surface area contributed by atoms with Crippen LogP contribution in [-0.4, -0.2) is 49.9 Å². The summed E-state index contributed by atoms with van der Waals surface area (Å²) < 4.78 is 30.3. The lowest BCUT2D eigenvalue weighted by molar-refractivity contribution is -0.0843. The molecule has 1 heterocycles. The van der Waals surface area contributed by atoms with Crippen molar-refractivity contribution < 1.29 is 18.0 Å². The minimum atomic E-state index is -2.28. The van der Waals surface area contributed by atoms with Gasteiger partial charge in [0.05, 0.1) is 18.5 Å². The van der Waals surface area contributed by atoms with E-state index in [0.29, 0.717) is 62.4 Å². The first-order valence-corrected chi connectivity index (χ1v) is 26.5. The molecule has 278 valence electrons. The summed E-state index contributed by atoms with van der Waals surface area (Å²) in [6.07, 6.45) is 9.65. The van der Waals surface area contributed by atoms with E-state index >= 15 is 0 Å². The fraction of sp³-hybridized carbons (Fsp3) is 0.950. The third-order valence-corrected chi connectivity index (χ3v) is 31.1. The Morgan fingerprint density at radius 3 is 1.32 bits per heavy atom. The molecule has 1 aliphatic carbocycles. The highest BCUT2D eigenvalue weighted by atomic mass is 28.4. The van der Waals surface area contributed by atoms with Gasteiger partial charge in [0.1, 0.15) is 12.2 Å². The van der Waals surface area contributed by atoms with Gasteiger partial charge in [-0.25, -0.2) is 0 Å². The van der Waals surface area contributed by atoms with E-state index in [2.05, 4.69) is 131 Å². The van der Waals surface area contributed by atoms with Crippen LogP contribution in [0.15, 0.2) is 11.8 Å². The van der Waals surface area contributed by atoms with Gasteiger partial charge in [0, 0.05) is 6.42 Å². The third kappa shape index (κ3) is 9.30. The molecule has 0 aromatic carbocycles. The highest BCUT2D eigenvalue weighted by Crippen LogP contribution is 2.49. The van der Waals surface area contributed by atoms with Crippen LogP contribution in [0.2, 0.25) is 49.9 Å². The Kier molecular flexibility index (Phi) is 16.6. The van der Waals surface area contributed by atoms with Crippen LogP contribution < -0.4 is 0 Å². The zero-order chi connectivity index (χ0) is 36.1. The van der Waals surface area contributed by atoms with E-state index in [-0.39, 0.29) is 18.3 Å². The van der Waals surface area contributed by atoms with E-state index in [1.165, 1.54) is 32.1 Å². The van der Waals surface area contributed by atoms with Crippen molar-refractivity contribution >= 4 is 25.0 Å². The molecule has 2 rings (SSSR count). The highest BCUT2D eigenvalue weighted by molar-refractivity contribution is 6.78. The third-order valence-electron chi connectivity index (χ3n) is 12.9. The van der Waals surface area contributed by atoms with Gasteiger partial charge < -0.3 is 18.0 Å². The second-order valence-electron chi connectivity index (χ2n) is 18.4. The van der Waals surface area contributed by atoms with Gasteiger partial charge in [0.25, 0.3) is 0 Å². The second kappa shape index (κ2) is 18.0. The van der Waals surface area contributed by atoms with Crippen LogP contribution in [0.3, 0.4) is 0 Å². The molecular formula is C40H82O4Si3. The molecule has 47 heavy (non-hydrogen) atoms. The number of allylic oxidation sites excluding steroid dienone is 1. The molecule has 1 fully saturated rings. The average molecular weight is 711 g/mol. The lowest BCUT2D eigenvalue weighted by Crippen LogP contribution is -2.61. The fourth-order valence-corrected chi connectivity index (χ4v) is 27.5. The summed E-state index contributed by atoms with van der Waals surface area (Å²) in [4.78, 5) is 0. The van der Waals surface area contributed by atoms with Crippen molar-refractivity contribution in [3.05, 3.63) is 11.8 Å². The summed E-state index contributed by atoms with van der Waals surface area (Å²) in [5, 5.41) is 0. The molecule has 0 amide bonds. The topological polar surface area (TPSA) is 36.9 Å². The molecule has 0 radical (unpaired) electrons. The molecular weight excluding hydrogens is 629 g/mol. The van der Waals surface area contributed by atoms with Crippen molar-refractivity contribution in [3.63, 3.8) is 0 Å². The van der Waals surface area contributed by atoms with Crippen molar-refractivity contribution in [2.75, 3.05) is 6.61 Å². The van der Waals surface area contributed by atoms with E-state index < -0.39 is 25.0 Å². The van der Waals surface area contributed by atoms with E-state index in [4.69, 9.17) is 18.0 Å². The predicted molar refractivity (Wildman–Crippen MR) is 213 cm³/mol. The Balaban J connectivity index is 2.81. The van der Waals surface area contributed by atoms with Crippen LogP contribution in [0.1, 0.15) is 163 Å². The minimum absolute atomic E-state index is 0.119. The van der Waals surface area contributed by atoms with Crippen molar-refractivity contribution in [2.24, 2.45) is 5.92 Å². The summed E-state index contributed by atoms with van der Waals surface area (Å²) in [6, 6.07) is 0. The summed E-state index contributed by atoms with van der Waals surface area (Å²) in [7, 11) is -6.64. The van der Waals surface area contributed by atoms with Crippen LogP contribution in [0, 0.1) is 5.92 Å². The van der Waals surface area contributed by atoms with E-state index in [1.54, 1.807) is 0 Å². The van der Waals surface area contributed by atoms with Gasteiger partial charge in [-0.2, -0.15) is 0 Å². The van der Waals surface area contributed by atoms with Crippen molar-refractivity contribution in [1.82, 2.24) is 0 Å². The molecule has 0 N–H and O–H groups in total. The van der Waals surface area contributed by atoms with Crippen LogP contribution in [0.4, 0.5) is 0 Å². The molecule has 0 spiro atoms. The monoisotopic (exact) mass is 711 g/mol. The van der Waals surface area contributed by atoms with E-state index in [9.17, 15) is 0 Å². The smallest absolute Gasteiger partial charge is 0.201 e. The van der Waals surface area contributed by atoms with Crippen LogP contribution in [0.25, 0.3) is 0 Å². The summed E-state index contributed by atoms with van der Waals surface area (Å²) in [5.41, 5.74) is 4.51. The second-order valence-corrected chi connectivity index (χ2v) is 34.7. The van der Waals surface area contributed by atoms with Crippen LogP contribution >= 0.6 is 0 Å².